The van der Waals surface area contributed by atoms with E-state index >= 15 is 0 Å². The van der Waals surface area contributed by atoms with Gasteiger partial charge in [-0.1, -0.05) is 6.92 Å². The number of hydrogen-bond donors (Lipinski definition) is 0. The van der Waals surface area contributed by atoms with Gasteiger partial charge in [-0.15, -0.1) is 0 Å². The topological polar surface area (TPSA) is 24.3 Å². The zero-order chi connectivity index (χ0) is 10.5. The van der Waals surface area contributed by atoms with Crippen LogP contribution in [-0.2, 0) is 6.54 Å². The van der Waals surface area contributed by atoms with Gasteiger partial charge in [0.15, 0.2) is 0 Å². The second-order valence-electron chi connectivity index (χ2n) is 4.08. The molecule has 84 valence electrons. The zero-order valence-electron chi connectivity index (χ0n) is 9.47. The molecule has 1 aromatic heterocycles. The summed E-state index contributed by atoms with van der Waals surface area (Å²) in [4.78, 5) is 9.09. The van der Waals surface area contributed by atoms with Crippen LogP contribution in [0, 0.1) is 0 Å². The highest BCUT2D eigenvalue weighted by Gasteiger charge is 2.14. The number of nitrogens with zero attached hydrogens (tertiary/aromatic N) is 4. The number of imidazole rings is 1. The van der Waals surface area contributed by atoms with Gasteiger partial charge in [0.2, 0.25) is 0 Å². The van der Waals surface area contributed by atoms with Crippen LogP contribution in [0.4, 0.5) is 0 Å². The number of aromatic nitrogens is 2. The Kier molecular flexibility index (Phi) is 3.75. The molecule has 0 radical (unpaired) electrons. The highest BCUT2D eigenvalue weighted by Crippen LogP contribution is 2.01. The smallest absolute Gasteiger partial charge is 0.0946 e. The van der Waals surface area contributed by atoms with Crippen LogP contribution in [0.15, 0.2) is 18.7 Å². The second-order valence-corrected chi connectivity index (χ2v) is 4.08. The van der Waals surface area contributed by atoms with Crippen molar-refractivity contribution in [2.45, 2.75) is 13.5 Å². The largest absolute Gasteiger partial charge is 0.336 e. The summed E-state index contributed by atoms with van der Waals surface area (Å²) in [5.74, 6) is 0. The van der Waals surface area contributed by atoms with E-state index in [2.05, 4.69) is 26.3 Å². The zero-order valence-corrected chi connectivity index (χ0v) is 9.47. The van der Waals surface area contributed by atoms with Crippen molar-refractivity contribution in [1.82, 2.24) is 19.4 Å². The van der Waals surface area contributed by atoms with Crippen LogP contribution in [0.25, 0.3) is 0 Å². The van der Waals surface area contributed by atoms with Gasteiger partial charge in [0.05, 0.1) is 6.33 Å². The first-order chi connectivity index (χ1) is 7.38. The Balaban J connectivity index is 1.69. The van der Waals surface area contributed by atoms with E-state index in [0.717, 1.165) is 13.1 Å². The molecule has 0 aliphatic carbocycles. The predicted molar refractivity (Wildman–Crippen MR) is 60.8 cm³/mol. The van der Waals surface area contributed by atoms with Crippen molar-refractivity contribution in [3.05, 3.63) is 18.7 Å². The molecule has 0 atom stereocenters. The molecule has 0 saturated carbocycles. The molecule has 4 heteroatoms. The lowest BCUT2D eigenvalue weighted by Crippen LogP contribution is -2.46. The fourth-order valence-corrected chi connectivity index (χ4v) is 2.01. The van der Waals surface area contributed by atoms with Gasteiger partial charge in [-0.25, -0.2) is 4.98 Å². The Labute approximate surface area is 91.5 Å². The lowest BCUT2D eigenvalue weighted by atomic mass is 10.3. The molecule has 0 unspecified atom stereocenters. The summed E-state index contributed by atoms with van der Waals surface area (Å²) in [7, 11) is 0. The summed E-state index contributed by atoms with van der Waals surface area (Å²) in [5, 5.41) is 0. The number of likely N-dealkylation sites (N-methyl/N-ethyl adjacent to an activating group) is 1. The highest BCUT2D eigenvalue weighted by molar-refractivity contribution is 4.76. The van der Waals surface area contributed by atoms with Crippen molar-refractivity contribution in [3.8, 4) is 0 Å². The van der Waals surface area contributed by atoms with Crippen molar-refractivity contribution in [2.24, 2.45) is 0 Å². The van der Waals surface area contributed by atoms with E-state index < -0.39 is 0 Å². The summed E-state index contributed by atoms with van der Waals surface area (Å²) in [6.45, 7) is 10.5. The van der Waals surface area contributed by atoms with Gasteiger partial charge in [-0.2, -0.15) is 0 Å². The maximum Gasteiger partial charge on any atom is 0.0946 e. The molecule has 2 heterocycles. The lowest BCUT2D eigenvalue weighted by Gasteiger charge is -2.33. The quantitative estimate of drug-likeness (QED) is 0.721. The molecule has 4 nitrogen and oxygen atoms in total. The van der Waals surface area contributed by atoms with E-state index in [1.54, 1.807) is 0 Å². The minimum absolute atomic E-state index is 1.06. The summed E-state index contributed by atoms with van der Waals surface area (Å²) < 4.78 is 2.15. The first-order valence-electron chi connectivity index (χ1n) is 5.79. The van der Waals surface area contributed by atoms with Gasteiger partial charge in [-0.05, 0) is 6.54 Å². The molecule has 15 heavy (non-hydrogen) atoms. The van der Waals surface area contributed by atoms with Gasteiger partial charge >= 0.3 is 0 Å². The number of rotatable bonds is 4. The summed E-state index contributed by atoms with van der Waals surface area (Å²) in [6, 6.07) is 0. The Morgan fingerprint density at radius 2 is 1.80 bits per heavy atom. The molecule has 0 bridgehead atoms. The molecular formula is C11H20N4. The van der Waals surface area contributed by atoms with E-state index in [1.165, 1.54) is 32.7 Å². The third kappa shape index (κ3) is 3.04. The summed E-state index contributed by atoms with van der Waals surface area (Å²) in [6.07, 6.45) is 5.76. The van der Waals surface area contributed by atoms with E-state index in [9.17, 15) is 0 Å². The molecule has 0 N–H and O–H groups in total. The lowest BCUT2D eigenvalue weighted by molar-refractivity contribution is 0.134. The number of piperazine rings is 1. The Morgan fingerprint density at radius 1 is 1.07 bits per heavy atom. The van der Waals surface area contributed by atoms with E-state index in [1.807, 2.05) is 18.7 Å². The average Bonchev–Trinajstić information content (AvgIpc) is 2.80. The first kappa shape index (κ1) is 10.6. The monoisotopic (exact) mass is 208 g/mol. The van der Waals surface area contributed by atoms with Crippen LogP contribution >= 0.6 is 0 Å². The molecule has 1 saturated heterocycles. The molecule has 2 rings (SSSR count). The van der Waals surface area contributed by atoms with Crippen LogP contribution in [0.1, 0.15) is 6.92 Å². The van der Waals surface area contributed by atoms with Crippen molar-refractivity contribution in [1.29, 1.82) is 0 Å². The Hall–Kier alpha value is -0.870. The predicted octanol–water partition coefficient (Wildman–Crippen LogP) is 0.521. The molecule has 0 aromatic carbocycles. The van der Waals surface area contributed by atoms with Crippen LogP contribution in [0.5, 0.6) is 0 Å². The van der Waals surface area contributed by atoms with Crippen molar-refractivity contribution < 1.29 is 0 Å². The highest BCUT2D eigenvalue weighted by atomic mass is 15.3. The normalized spacial score (nSPS) is 19.5. The Morgan fingerprint density at radius 3 is 2.40 bits per heavy atom. The molecule has 1 aromatic rings. The average molecular weight is 208 g/mol. The van der Waals surface area contributed by atoms with Crippen molar-refractivity contribution >= 4 is 0 Å². The minimum atomic E-state index is 1.06. The van der Waals surface area contributed by atoms with Gasteiger partial charge in [-0.3, -0.25) is 4.90 Å². The summed E-state index contributed by atoms with van der Waals surface area (Å²) in [5.41, 5.74) is 0. The third-order valence-corrected chi connectivity index (χ3v) is 3.15. The molecule has 0 spiro atoms. The van der Waals surface area contributed by atoms with E-state index in [0.29, 0.717) is 0 Å². The van der Waals surface area contributed by atoms with Gasteiger partial charge < -0.3 is 9.47 Å². The minimum Gasteiger partial charge on any atom is -0.336 e. The molecule has 0 amide bonds. The molecule has 1 aliphatic heterocycles. The molecular weight excluding hydrogens is 188 g/mol. The third-order valence-electron chi connectivity index (χ3n) is 3.15. The molecule has 1 fully saturated rings. The van der Waals surface area contributed by atoms with Crippen molar-refractivity contribution in [2.75, 3.05) is 39.3 Å². The standard InChI is InChI=1S/C11H20N4/c1-2-13-5-7-14(8-6-13)9-10-15-4-3-12-11-15/h3-4,11H,2,5-10H2,1H3. The SMILES string of the molecule is CCN1CCN(CCn2ccnc2)CC1. The maximum absolute atomic E-state index is 4.05. The van der Waals surface area contributed by atoms with E-state index in [-0.39, 0.29) is 0 Å². The van der Waals surface area contributed by atoms with Crippen LogP contribution < -0.4 is 0 Å². The van der Waals surface area contributed by atoms with Gasteiger partial charge in [0.1, 0.15) is 0 Å². The molecule has 1 aliphatic rings. The van der Waals surface area contributed by atoms with E-state index in [4.69, 9.17) is 0 Å². The fourth-order valence-electron chi connectivity index (χ4n) is 2.01. The number of hydrogen-bond acceptors (Lipinski definition) is 3. The Bertz CT molecular complexity index is 262. The fraction of sp³-hybridized carbons (Fsp3) is 0.727. The van der Waals surface area contributed by atoms with Gasteiger partial charge in [0, 0.05) is 51.7 Å². The summed E-state index contributed by atoms with van der Waals surface area (Å²) >= 11 is 0. The maximum atomic E-state index is 4.05. The van der Waals surface area contributed by atoms with Crippen molar-refractivity contribution in [3.63, 3.8) is 0 Å². The van der Waals surface area contributed by atoms with Crippen LogP contribution in [-0.4, -0.2) is 58.6 Å². The van der Waals surface area contributed by atoms with Crippen LogP contribution in [0.3, 0.4) is 0 Å². The van der Waals surface area contributed by atoms with Crippen LogP contribution in [0.2, 0.25) is 0 Å². The second kappa shape index (κ2) is 5.28. The first-order valence-corrected chi connectivity index (χ1v) is 5.79. The van der Waals surface area contributed by atoms with Gasteiger partial charge in [0.25, 0.3) is 0 Å².